The predicted octanol–water partition coefficient (Wildman–Crippen LogP) is 0.863. The lowest BCUT2D eigenvalue weighted by molar-refractivity contribution is -0.115. The number of aromatic amines is 2. The highest BCUT2D eigenvalue weighted by Gasteiger charge is 2.15. The van der Waals surface area contributed by atoms with Crippen molar-refractivity contribution < 1.29 is 18.4 Å². The van der Waals surface area contributed by atoms with Crippen LogP contribution in [0.15, 0.2) is 46.0 Å². The zero-order valence-electron chi connectivity index (χ0n) is 13.6. The first-order chi connectivity index (χ1) is 12.9. The van der Waals surface area contributed by atoms with E-state index >= 15 is 0 Å². The Morgan fingerprint density at radius 3 is 2.52 bits per heavy atom. The molecule has 0 radical (unpaired) electrons. The van der Waals surface area contributed by atoms with Crippen LogP contribution in [0.2, 0.25) is 0 Å². The van der Waals surface area contributed by atoms with E-state index in [2.05, 4.69) is 20.8 Å². The molecule has 3 rings (SSSR count). The maximum absolute atomic E-state index is 13.5. The second-order valence-electron chi connectivity index (χ2n) is 5.49. The van der Waals surface area contributed by atoms with E-state index in [0.717, 1.165) is 12.1 Å². The summed E-state index contributed by atoms with van der Waals surface area (Å²) in [4.78, 5) is 47.6. The average Bonchev–Trinajstić information content (AvgIpc) is 2.65. The Balaban J connectivity index is 1.75. The number of benzene rings is 2. The zero-order chi connectivity index (χ0) is 19.6. The van der Waals surface area contributed by atoms with Crippen molar-refractivity contribution in [1.82, 2.24) is 15.5 Å². The van der Waals surface area contributed by atoms with Crippen molar-refractivity contribution in [3.8, 4) is 0 Å². The van der Waals surface area contributed by atoms with Gasteiger partial charge in [0.15, 0.2) is 0 Å². The molecule has 0 unspecified atom stereocenters. The van der Waals surface area contributed by atoms with Crippen LogP contribution < -0.4 is 21.8 Å². The van der Waals surface area contributed by atoms with Gasteiger partial charge in [0.25, 0.3) is 17.0 Å². The second-order valence-corrected chi connectivity index (χ2v) is 5.49. The first kappa shape index (κ1) is 18.0. The number of hydrogen-bond donors (Lipinski definition) is 4. The van der Waals surface area contributed by atoms with Gasteiger partial charge in [-0.15, -0.1) is 0 Å². The molecule has 1 aromatic heterocycles. The summed E-state index contributed by atoms with van der Waals surface area (Å²) in [6, 6.07) is 6.64. The molecule has 0 aliphatic heterocycles. The molecule has 0 spiro atoms. The van der Waals surface area contributed by atoms with Crippen molar-refractivity contribution in [2.75, 3.05) is 11.9 Å². The maximum Gasteiger partial charge on any atom is 0.272 e. The van der Waals surface area contributed by atoms with Gasteiger partial charge in [0.1, 0.15) is 11.6 Å². The molecule has 3 aromatic rings. The molecular weight excluding hydrogens is 362 g/mol. The lowest BCUT2D eigenvalue weighted by Gasteiger charge is -2.09. The van der Waals surface area contributed by atoms with Gasteiger partial charge < -0.3 is 10.6 Å². The highest BCUT2D eigenvalue weighted by atomic mass is 19.1. The Labute approximate surface area is 149 Å². The van der Waals surface area contributed by atoms with Crippen LogP contribution in [0.3, 0.4) is 0 Å². The van der Waals surface area contributed by atoms with Gasteiger partial charge >= 0.3 is 0 Å². The van der Waals surface area contributed by atoms with Crippen LogP contribution in [-0.2, 0) is 4.79 Å². The number of amides is 2. The molecule has 2 aromatic carbocycles. The van der Waals surface area contributed by atoms with Gasteiger partial charge in [-0.25, -0.2) is 8.78 Å². The number of carbonyl (C=O) groups is 2. The first-order valence-corrected chi connectivity index (χ1v) is 7.63. The van der Waals surface area contributed by atoms with E-state index in [1.807, 2.05) is 0 Å². The monoisotopic (exact) mass is 374 g/mol. The van der Waals surface area contributed by atoms with E-state index < -0.39 is 46.7 Å². The minimum atomic E-state index is -0.977. The molecule has 0 saturated heterocycles. The fourth-order valence-electron chi connectivity index (χ4n) is 2.46. The van der Waals surface area contributed by atoms with E-state index in [-0.39, 0.29) is 16.5 Å². The third-order valence-corrected chi connectivity index (χ3v) is 3.68. The molecule has 0 aliphatic carbocycles. The quantitative estimate of drug-likeness (QED) is 0.541. The second kappa shape index (κ2) is 7.20. The van der Waals surface area contributed by atoms with Crippen molar-refractivity contribution in [2.24, 2.45) is 0 Å². The Hall–Kier alpha value is -3.82. The lowest BCUT2D eigenvalue weighted by atomic mass is 10.1. The smallest absolute Gasteiger partial charge is 0.272 e. The molecule has 0 bridgehead atoms. The molecule has 4 N–H and O–H groups in total. The molecule has 2 amide bonds. The highest BCUT2D eigenvalue weighted by Crippen LogP contribution is 2.16. The molecule has 10 heteroatoms. The number of hydrogen-bond acceptors (Lipinski definition) is 4. The van der Waals surface area contributed by atoms with Gasteiger partial charge in [-0.05, 0) is 30.3 Å². The lowest BCUT2D eigenvalue weighted by Crippen LogP contribution is -2.33. The van der Waals surface area contributed by atoms with Crippen LogP contribution in [0.4, 0.5) is 14.5 Å². The zero-order valence-corrected chi connectivity index (χ0v) is 13.6. The molecule has 8 nitrogen and oxygen atoms in total. The SMILES string of the molecule is O=C(CNC(=O)c1cc(F)ccc1F)Nc1cccc2c(=O)[nH][nH]c(=O)c12. The standard InChI is InChI=1S/C17H12F2N4O4/c18-8-4-5-11(19)10(6-8)15(25)20-7-13(24)21-12-3-1-2-9-14(12)17(27)23-22-16(9)26/h1-6H,7H2,(H,20,25)(H,21,24)(H,22,26)(H,23,27). The van der Waals surface area contributed by atoms with Crippen molar-refractivity contribution in [3.63, 3.8) is 0 Å². The topological polar surface area (TPSA) is 124 Å². The number of carbonyl (C=O) groups excluding carboxylic acids is 2. The summed E-state index contributed by atoms with van der Waals surface area (Å²) in [6.07, 6.45) is 0. The number of rotatable bonds is 4. The first-order valence-electron chi connectivity index (χ1n) is 7.63. The van der Waals surface area contributed by atoms with Crippen LogP contribution in [0.5, 0.6) is 0 Å². The fraction of sp³-hybridized carbons (Fsp3) is 0.0588. The third-order valence-electron chi connectivity index (χ3n) is 3.68. The molecule has 0 saturated carbocycles. The molecule has 27 heavy (non-hydrogen) atoms. The summed E-state index contributed by atoms with van der Waals surface area (Å²) in [7, 11) is 0. The van der Waals surface area contributed by atoms with Gasteiger partial charge in [-0.3, -0.25) is 29.4 Å². The minimum absolute atomic E-state index is 0.0305. The fourth-order valence-corrected chi connectivity index (χ4v) is 2.46. The number of nitrogens with one attached hydrogen (secondary N) is 4. The summed E-state index contributed by atoms with van der Waals surface area (Å²) in [5.41, 5.74) is -1.64. The van der Waals surface area contributed by atoms with E-state index in [0.29, 0.717) is 6.07 Å². The molecule has 1 heterocycles. The van der Waals surface area contributed by atoms with Crippen LogP contribution in [0, 0.1) is 11.6 Å². The number of aromatic nitrogens is 2. The highest BCUT2D eigenvalue weighted by molar-refractivity contribution is 6.04. The van der Waals surface area contributed by atoms with Crippen LogP contribution in [0.1, 0.15) is 10.4 Å². The van der Waals surface area contributed by atoms with Crippen LogP contribution >= 0.6 is 0 Å². The van der Waals surface area contributed by atoms with Gasteiger partial charge in [0, 0.05) is 0 Å². The molecule has 0 fully saturated rings. The van der Waals surface area contributed by atoms with E-state index in [1.165, 1.54) is 18.2 Å². The summed E-state index contributed by atoms with van der Waals surface area (Å²) in [5, 5.41) is 8.89. The van der Waals surface area contributed by atoms with E-state index in [4.69, 9.17) is 0 Å². The Morgan fingerprint density at radius 2 is 1.74 bits per heavy atom. The average molecular weight is 374 g/mol. The van der Waals surface area contributed by atoms with Crippen LogP contribution in [-0.4, -0.2) is 28.6 Å². The van der Waals surface area contributed by atoms with Gasteiger partial charge in [-0.1, -0.05) is 6.07 Å². The van der Waals surface area contributed by atoms with Crippen molar-refractivity contribution >= 4 is 28.3 Å². The number of H-pyrrole nitrogens is 2. The van der Waals surface area contributed by atoms with Crippen molar-refractivity contribution in [2.45, 2.75) is 0 Å². The predicted molar refractivity (Wildman–Crippen MR) is 92.5 cm³/mol. The van der Waals surface area contributed by atoms with E-state index in [1.54, 1.807) is 0 Å². The number of halogens is 2. The molecule has 0 atom stereocenters. The molecular formula is C17H12F2N4O4. The Bertz CT molecular complexity index is 1170. The normalized spacial score (nSPS) is 10.6. The molecule has 138 valence electrons. The third kappa shape index (κ3) is 3.73. The summed E-state index contributed by atoms with van der Waals surface area (Å²) in [6.45, 7) is -0.563. The Morgan fingerprint density at radius 1 is 1.00 bits per heavy atom. The number of fused-ring (bicyclic) bond motifs is 1. The van der Waals surface area contributed by atoms with E-state index in [9.17, 15) is 28.0 Å². The summed E-state index contributed by atoms with van der Waals surface area (Å²) < 4.78 is 26.7. The molecule has 0 aliphatic rings. The van der Waals surface area contributed by atoms with Crippen molar-refractivity contribution in [3.05, 3.63) is 74.3 Å². The van der Waals surface area contributed by atoms with Crippen molar-refractivity contribution in [1.29, 1.82) is 0 Å². The summed E-state index contributed by atoms with van der Waals surface area (Å²) in [5.74, 6) is -3.44. The summed E-state index contributed by atoms with van der Waals surface area (Å²) >= 11 is 0. The maximum atomic E-state index is 13.5. The number of anilines is 1. The van der Waals surface area contributed by atoms with Gasteiger partial charge in [-0.2, -0.15) is 0 Å². The van der Waals surface area contributed by atoms with Gasteiger partial charge in [0.05, 0.1) is 28.6 Å². The largest absolute Gasteiger partial charge is 0.343 e. The van der Waals surface area contributed by atoms with Gasteiger partial charge in [0.2, 0.25) is 5.91 Å². The minimum Gasteiger partial charge on any atom is -0.343 e. The van der Waals surface area contributed by atoms with Crippen LogP contribution in [0.25, 0.3) is 10.8 Å². The Kier molecular flexibility index (Phi) is 4.79.